The zero-order valence-corrected chi connectivity index (χ0v) is 14.6. The Bertz CT molecular complexity index is 682. The van der Waals surface area contributed by atoms with Crippen molar-refractivity contribution in [2.24, 2.45) is 5.92 Å². The fraction of sp³-hybridized carbons (Fsp3) is 0.471. The second-order valence-corrected chi connectivity index (χ2v) is 6.28. The molecule has 138 valence electrons. The van der Waals surface area contributed by atoms with Crippen LogP contribution >= 0.6 is 0 Å². The van der Waals surface area contributed by atoms with E-state index in [-0.39, 0.29) is 47.4 Å². The van der Waals surface area contributed by atoms with Crippen LogP contribution in [0.3, 0.4) is 0 Å². The third-order valence-corrected chi connectivity index (χ3v) is 3.03. The van der Waals surface area contributed by atoms with Gasteiger partial charge in [-0.25, -0.2) is 5.21 Å². The van der Waals surface area contributed by atoms with Crippen molar-refractivity contribution in [3.05, 3.63) is 34.7 Å². The Kier molecular flexibility index (Phi) is 9.69. The van der Waals surface area contributed by atoms with Crippen LogP contribution in [0.5, 0.6) is 0 Å². The Morgan fingerprint density at radius 3 is 2.35 bits per heavy atom. The topological polar surface area (TPSA) is 110 Å². The summed E-state index contributed by atoms with van der Waals surface area (Å²) in [6.07, 6.45) is -0.487. The van der Waals surface area contributed by atoms with Crippen LogP contribution in [-0.4, -0.2) is 69.6 Å². The minimum absolute atomic E-state index is 0. The molecule has 26 heavy (non-hydrogen) atoms. The zero-order valence-electron chi connectivity index (χ0n) is 14.6. The van der Waals surface area contributed by atoms with Crippen molar-refractivity contribution in [1.29, 1.82) is 0 Å². The Morgan fingerprint density at radius 2 is 1.85 bits per heavy atom. The van der Waals surface area contributed by atoms with Crippen LogP contribution in [0, 0.1) is 10.8 Å². The van der Waals surface area contributed by atoms with Gasteiger partial charge in [0, 0.05) is 17.7 Å². The number of benzene rings is 1. The average molecular weight is 376 g/mol. The molecule has 9 heteroatoms. The predicted molar refractivity (Wildman–Crippen MR) is 93.6 cm³/mol. The Labute approximate surface area is 173 Å². The predicted octanol–water partition coefficient (Wildman–Crippen LogP) is 1.93. The van der Waals surface area contributed by atoms with Gasteiger partial charge in [-0.05, 0) is 27.7 Å². The van der Waals surface area contributed by atoms with E-state index in [2.05, 4.69) is 0 Å². The van der Waals surface area contributed by atoms with E-state index in [1.165, 1.54) is 18.2 Å². The minimum atomic E-state index is -1.40. The molecule has 1 rings (SSSR count). The second-order valence-electron chi connectivity index (χ2n) is 6.28. The van der Waals surface area contributed by atoms with E-state index in [0.717, 1.165) is 6.07 Å². The van der Waals surface area contributed by atoms with Gasteiger partial charge in [-0.15, -0.1) is 0 Å². The molecule has 0 aliphatic heterocycles. The van der Waals surface area contributed by atoms with E-state index in [0.29, 0.717) is 0 Å². The van der Waals surface area contributed by atoms with Crippen molar-refractivity contribution in [2.75, 3.05) is 6.61 Å². The summed E-state index contributed by atoms with van der Waals surface area (Å²) in [5.41, 5.74) is -0.945. The van der Waals surface area contributed by atoms with Gasteiger partial charge in [-0.2, -0.15) is 0 Å². The zero-order chi connectivity index (χ0) is 19.2. The Balaban J connectivity index is 0.00000625. The molecule has 0 heterocycles. The molecule has 0 fully saturated rings. The van der Waals surface area contributed by atoms with Gasteiger partial charge < -0.3 is 9.47 Å². The van der Waals surface area contributed by atoms with Gasteiger partial charge in [0.2, 0.25) is 0 Å². The molecule has 1 atom stereocenters. The molecule has 0 saturated carbocycles. The van der Waals surface area contributed by atoms with Crippen LogP contribution in [0.2, 0.25) is 0 Å². The van der Waals surface area contributed by atoms with E-state index in [1.807, 2.05) is 0 Å². The molecule has 1 aromatic rings. The number of Topliss-reactive ketones (excluding diaryl/α,β-unsaturated/α-hetero) is 1. The van der Waals surface area contributed by atoms with Gasteiger partial charge in [0.1, 0.15) is 11.5 Å². The van der Waals surface area contributed by atoms with E-state index in [4.69, 9.17) is 14.7 Å². The maximum absolute atomic E-state index is 12.6. The van der Waals surface area contributed by atoms with Crippen molar-refractivity contribution in [3.8, 4) is 0 Å². The van der Waals surface area contributed by atoms with Crippen LogP contribution < -0.4 is 0 Å². The van der Waals surface area contributed by atoms with Crippen LogP contribution in [0.1, 0.15) is 44.5 Å². The fourth-order valence-corrected chi connectivity index (χ4v) is 2.06. The van der Waals surface area contributed by atoms with Gasteiger partial charge in [0.05, 0.1) is 17.9 Å². The van der Waals surface area contributed by atoms with E-state index < -0.39 is 40.6 Å². The number of carbonyl (C=O) groups excluding carboxylic acids is 3. The number of ether oxygens (including phenoxy) is 2. The summed E-state index contributed by atoms with van der Waals surface area (Å²) in [5.74, 6) is -3.67. The van der Waals surface area contributed by atoms with Gasteiger partial charge in [-0.3, -0.25) is 14.4 Å². The first-order chi connectivity index (χ1) is 11.5. The standard InChI is InChI=1S/C17H22NO7.Na.H/c1-5-24-16(21)13(10-14(19)25-17(2,3)4)15(20)11-7-6-8-12(9-11)18(22)23;;/h6-9,13H,5,10H2,1-4H3,(H,22,23);;/q+1;;. The summed E-state index contributed by atoms with van der Waals surface area (Å²) in [7, 11) is 0. The number of esters is 2. The number of ketones is 1. The van der Waals surface area contributed by atoms with Crippen molar-refractivity contribution < 1.29 is 34.0 Å². The molecule has 0 bridgehead atoms. The fourth-order valence-electron chi connectivity index (χ4n) is 2.06. The van der Waals surface area contributed by atoms with Crippen molar-refractivity contribution in [1.82, 2.24) is 0 Å². The number of rotatable bonds is 7. The van der Waals surface area contributed by atoms with Crippen LogP contribution in [0.15, 0.2) is 24.3 Å². The quantitative estimate of drug-likeness (QED) is 0.254. The number of nitrogens with zero attached hydrogens (tertiary/aromatic N) is 1. The molecule has 1 N–H and O–H groups in total. The molecule has 0 aromatic heterocycles. The third-order valence-electron chi connectivity index (χ3n) is 3.03. The maximum atomic E-state index is 12.6. The summed E-state index contributed by atoms with van der Waals surface area (Å²) in [5, 5.41) is 8.94. The summed E-state index contributed by atoms with van der Waals surface area (Å²) >= 11 is 0. The molecule has 0 aliphatic rings. The molecule has 0 aliphatic carbocycles. The molecule has 0 spiro atoms. The summed E-state index contributed by atoms with van der Waals surface area (Å²) < 4.78 is 10.0. The monoisotopic (exact) mass is 376 g/mol. The van der Waals surface area contributed by atoms with Gasteiger partial charge >= 0.3 is 47.2 Å². The van der Waals surface area contributed by atoms with Crippen LogP contribution in [0.4, 0.5) is 5.69 Å². The molecular weight excluding hydrogens is 353 g/mol. The van der Waals surface area contributed by atoms with E-state index >= 15 is 0 Å². The van der Waals surface area contributed by atoms with Gasteiger partial charge in [0.25, 0.3) is 4.92 Å². The Morgan fingerprint density at radius 1 is 1.23 bits per heavy atom. The first-order valence-electron chi connectivity index (χ1n) is 7.74. The van der Waals surface area contributed by atoms with Crippen molar-refractivity contribution in [2.45, 2.75) is 39.7 Å². The second kappa shape index (κ2) is 10.4. The molecule has 0 saturated heterocycles. The Hall–Kier alpha value is -1.77. The molecule has 0 amide bonds. The average Bonchev–Trinajstić information content (AvgIpc) is 2.50. The SMILES string of the molecule is CCOC(=O)C(CC(=O)OC(C)(C)C)C(=O)c1cccc([N+](=O)O)c1.[NaH]. The summed E-state index contributed by atoms with van der Waals surface area (Å²) in [4.78, 5) is 47.3. The first kappa shape index (κ1) is 24.2. The molecular formula is C17H23NNaO7+. The number of carbonyl (C=O) groups is 3. The van der Waals surface area contributed by atoms with Crippen molar-refractivity contribution in [3.63, 3.8) is 0 Å². The normalized spacial score (nSPS) is 11.7. The number of hydrogen-bond donors (Lipinski definition) is 1. The van der Waals surface area contributed by atoms with Gasteiger partial charge in [0.15, 0.2) is 5.78 Å². The third kappa shape index (κ3) is 7.63. The van der Waals surface area contributed by atoms with E-state index in [9.17, 15) is 19.3 Å². The van der Waals surface area contributed by atoms with Gasteiger partial charge in [-0.1, -0.05) is 12.1 Å². The van der Waals surface area contributed by atoms with Crippen LogP contribution in [0.25, 0.3) is 0 Å². The summed E-state index contributed by atoms with van der Waals surface area (Å²) in [6, 6.07) is 5.16. The molecule has 1 aromatic carbocycles. The number of hydrogen-bond acceptors (Lipinski definition) is 6. The van der Waals surface area contributed by atoms with Crippen LogP contribution in [-0.2, 0) is 19.1 Å². The van der Waals surface area contributed by atoms with Crippen molar-refractivity contribution >= 4 is 53.0 Å². The molecule has 1 unspecified atom stereocenters. The summed E-state index contributed by atoms with van der Waals surface area (Å²) in [6.45, 7) is 6.62. The molecule has 8 nitrogen and oxygen atoms in total. The van der Waals surface area contributed by atoms with E-state index in [1.54, 1.807) is 27.7 Å². The first-order valence-corrected chi connectivity index (χ1v) is 7.74. The molecule has 0 radical (unpaired) electrons.